The summed E-state index contributed by atoms with van der Waals surface area (Å²) in [5.74, 6) is 0.602. The molecule has 0 radical (unpaired) electrons. The molecule has 0 aliphatic rings. The van der Waals surface area contributed by atoms with Crippen LogP contribution in [0.5, 0.6) is 5.75 Å². The Morgan fingerprint density at radius 2 is 1.96 bits per heavy atom. The molecule has 0 aliphatic carbocycles. The summed E-state index contributed by atoms with van der Waals surface area (Å²) in [5.41, 5.74) is 6.10. The molecule has 0 saturated heterocycles. The highest BCUT2D eigenvalue weighted by atomic mass is 32.2. The van der Waals surface area contributed by atoms with E-state index in [2.05, 4.69) is 20.5 Å². The van der Waals surface area contributed by atoms with Gasteiger partial charge in [0.2, 0.25) is 0 Å². The molecule has 3 rings (SSSR count). The lowest BCUT2D eigenvalue weighted by molar-refractivity contribution is -0.120. The Morgan fingerprint density at radius 1 is 1.23 bits per heavy atom. The molecule has 2 N–H and O–H groups in total. The number of hydrogen-bond donors (Lipinski definition) is 2. The number of hydrogen-bond acceptors (Lipinski definition) is 5. The zero-order valence-corrected chi connectivity index (χ0v) is 15.6. The molecule has 3 aromatic rings. The van der Waals surface area contributed by atoms with Gasteiger partial charge in [0.25, 0.3) is 5.91 Å². The van der Waals surface area contributed by atoms with Gasteiger partial charge in [-0.3, -0.25) is 4.79 Å². The van der Waals surface area contributed by atoms with Crippen molar-refractivity contribution in [3.05, 3.63) is 54.1 Å². The van der Waals surface area contributed by atoms with Gasteiger partial charge in [-0.05, 0) is 55.8 Å². The van der Waals surface area contributed by atoms with Crippen molar-refractivity contribution in [3.63, 3.8) is 0 Å². The summed E-state index contributed by atoms with van der Waals surface area (Å²) in [6.07, 6.45) is 0. The van der Waals surface area contributed by atoms with Crippen LogP contribution in [0.3, 0.4) is 0 Å². The third kappa shape index (κ3) is 4.23. The summed E-state index contributed by atoms with van der Waals surface area (Å²) in [6.45, 7) is 3.67. The first kappa shape index (κ1) is 18.0. The summed E-state index contributed by atoms with van der Waals surface area (Å²) in [5, 5.41) is 4.57. The molecule has 0 unspecified atom stereocenters. The Labute approximate surface area is 156 Å². The van der Waals surface area contributed by atoms with E-state index in [-0.39, 0.29) is 11.2 Å². The summed E-state index contributed by atoms with van der Waals surface area (Å²) in [7, 11) is 1.62. The minimum atomic E-state index is -0.331. The number of imidazole rings is 1. The molecular weight excluding hydrogens is 348 g/mol. The van der Waals surface area contributed by atoms with Crippen molar-refractivity contribution in [1.82, 2.24) is 15.4 Å². The molecule has 2 aromatic carbocycles. The van der Waals surface area contributed by atoms with Gasteiger partial charge in [0.1, 0.15) is 5.75 Å². The van der Waals surface area contributed by atoms with Crippen LogP contribution in [0.1, 0.15) is 19.4 Å². The molecule has 6 nitrogen and oxygen atoms in total. The minimum absolute atomic E-state index is 0.177. The van der Waals surface area contributed by atoms with Gasteiger partial charge in [0.15, 0.2) is 5.16 Å². The molecule has 7 heteroatoms. The fourth-order valence-electron chi connectivity index (χ4n) is 2.33. The maximum atomic E-state index is 12.3. The average Bonchev–Trinajstić information content (AvgIpc) is 3.08. The Hall–Kier alpha value is -2.80. The first-order chi connectivity index (χ1) is 12.6. The molecule has 1 heterocycles. The highest BCUT2D eigenvalue weighted by Gasteiger charge is 2.16. The monoisotopic (exact) mass is 368 g/mol. The van der Waals surface area contributed by atoms with E-state index in [1.54, 1.807) is 7.11 Å². The molecule has 1 aromatic heterocycles. The first-order valence-electron chi connectivity index (χ1n) is 8.17. The van der Waals surface area contributed by atoms with Crippen molar-refractivity contribution >= 4 is 34.4 Å². The summed E-state index contributed by atoms with van der Waals surface area (Å²) < 4.78 is 5.14. The standard InChI is InChI=1S/C19H20N4O2S/c1-12(14-8-10-15(25-3)11-9-14)22-23-18(24)13(2)26-19-20-16-6-4-5-7-17(16)21-19/h4-11,13H,1-3H3,(H,20,21)(H,23,24)/b22-12-/t13-/m1/s1. The van der Waals surface area contributed by atoms with Gasteiger partial charge in [-0.1, -0.05) is 23.9 Å². The van der Waals surface area contributed by atoms with Crippen LogP contribution in [-0.2, 0) is 4.79 Å². The number of nitrogens with zero attached hydrogens (tertiary/aromatic N) is 2. The third-order valence-corrected chi connectivity index (χ3v) is 4.85. The van der Waals surface area contributed by atoms with E-state index in [4.69, 9.17) is 4.74 Å². The van der Waals surface area contributed by atoms with Crippen LogP contribution in [0.4, 0.5) is 0 Å². The zero-order valence-electron chi connectivity index (χ0n) is 14.8. The number of benzene rings is 2. The number of nitrogens with one attached hydrogen (secondary N) is 2. The van der Waals surface area contributed by atoms with Crippen LogP contribution >= 0.6 is 11.8 Å². The number of hydrazone groups is 1. The van der Waals surface area contributed by atoms with Gasteiger partial charge in [-0.15, -0.1) is 0 Å². The Balaban J connectivity index is 1.60. The summed E-state index contributed by atoms with van der Waals surface area (Å²) in [4.78, 5) is 20.0. The highest BCUT2D eigenvalue weighted by molar-refractivity contribution is 8.00. The SMILES string of the molecule is COc1ccc(/C(C)=N\NC(=O)[C@@H](C)Sc2nc3ccccc3[nH]2)cc1. The number of ether oxygens (including phenoxy) is 1. The lowest BCUT2D eigenvalue weighted by Gasteiger charge is -2.08. The lowest BCUT2D eigenvalue weighted by Crippen LogP contribution is -2.27. The maximum absolute atomic E-state index is 12.3. The molecule has 134 valence electrons. The number of rotatable bonds is 6. The van der Waals surface area contributed by atoms with E-state index in [1.165, 1.54) is 11.8 Å². The number of aromatic amines is 1. The summed E-state index contributed by atoms with van der Waals surface area (Å²) in [6, 6.07) is 15.3. The molecule has 1 atom stereocenters. The predicted molar refractivity (Wildman–Crippen MR) is 105 cm³/mol. The number of carbonyl (C=O) groups is 1. The molecular formula is C19H20N4O2S. The average molecular weight is 368 g/mol. The molecule has 0 fully saturated rings. The van der Waals surface area contributed by atoms with E-state index in [0.717, 1.165) is 28.1 Å². The maximum Gasteiger partial charge on any atom is 0.253 e. The van der Waals surface area contributed by atoms with Crippen LogP contribution in [0.25, 0.3) is 11.0 Å². The number of H-pyrrole nitrogens is 1. The molecule has 0 bridgehead atoms. The number of aromatic nitrogens is 2. The molecule has 0 aliphatic heterocycles. The number of amides is 1. The van der Waals surface area contributed by atoms with Crippen LogP contribution in [-0.4, -0.2) is 33.9 Å². The smallest absolute Gasteiger partial charge is 0.253 e. The van der Waals surface area contributed by atoms with Gasteiger partial charge < -0.3 is 9.72 Å². The van der Waals surface area contributed by atoms with Crippen LogP contribution in [0.2, 0.25) is 0 Å². The first-order valence-corrected chi connectivity index (χ1v) is 9.05. The second-order valence-electron chi connectivity index (χ2n) is 5.72. The van der Waals surface area contributed by atoms with Gasteiger partial charge in [-0.25, -0.2) is 10.4 Å². The normalized spacial score (nSPS) is 12.8. The highest BCUT2D eigenvalue weighted by Crippen LogP contribution is 2.23. The minimum Gasteiger partial charge on any atom is -0.497 e. The van der Waals surface area contributed by atoms with Gasteiger partial charge in [-0.2, -0.15) is 5.10 Å². The zero-order chi connectivity index (χ0) is 18.5. The molecule has 0 spiro atoms. The molecule has 0 saturated carbocycles. The van der Waals surface area contributed by atoms with Crippen LogP contribution in [0, 0.1) is 0 Å². The quantitative estimate of drug-likeness (QED) is 0.396. The molecule has 1 amide bonds. The second kappa shape index (κ2) is 8.05. The van der Waals surface area contributed by atoms with Gasteiger partial charge in [0, 0.05) is 0 Å². The van der Waals surface area contributed by atoms with Gasteiger partial charge >= 0.3 is 0 Å². The number of carbonyl (C=O) groups excluding carboxylic acids is 1. The van der Waals surface area contributed by atoms with E-state index in [1.807, 2.05) is 62.4 Å². The van der Waals surface area contributed by atoms with Crippen LogP contribution < -0.4 is 10.2 Å². The van der Waals surface area contributed by atoms with E-state index >= 15 is 0 Å². The lowest BCUT2D eigenvalue weighted by atomic mass is 10.1. The molecule has 26 heavy (non-hydrogen) atoms. The van der Waals surface area contributed by atoms with E-state index in [0.29, 0.717) is 5.16 Å². The van der Waals surface area contributed by atoms with Crippen molar-refractivity contribution in [3.8, 4) is 5.75 Å². The van der Waals surface area contributed by atoms with Crippen molar-refractivity contribution in [2.75, 3.05) is 7.11 Å². The van der Waals surface area contributed by atoms with Crippen molar-refractivity contribution < 1.29 is 9.53 Å². The Bertz CT molecular complexity index is 901. The van der Waals surface area contributed by atoms with Crippen LogP contribution in [0.15, 0.2) is 58.8 Å². The fraction of sp³-hybridized carbons (Fsp3) is 0.211. The fourth-order valence-corrected chi connectivity index (χ4v) is 3.15. The number of fused-ring (bicyclic) bond motifs is 1. The second-order valence-corrected chi connectivity index (χ2v) is 7.05. The van der Waals surface area contributed by atoms with Crippen molar-refractivity contribution in [2.24, 2.45) is 5.10 Å². The predicted octanol–water partition coefficient (Wildman–Crippen LogP) is 3.59. The van der Waals surface area contributed by atoms with Crippen molar-refractivity contribution in [2.45, 2.75) is 24.3 Å². The van der Waals surface area contributed by atoms with E-state index < -0.39 is 0 Å². The third-order valence-electron chi connectivity index (χ3n) is 3.87. The van der Waals surface area contributed by atoms with Crippen molar-refractivity contribution in [1.29, 1.82) is 0 Å². The number of para-hydroxylation sites is 2. The number of methoxy groups -OCH3 is 1. The van der Waals surface area contributed by atoms with Gasteiger partial charge in [0.05, 0.1) is 29.1 Å². The summed E-state index contributed by atoms with van der Waals surface area (Å²) >= 11 is 1.37. The Morgan fingerprint density at radius 3 is 2.65 bits per heavy atom. The Kier molecular flexibility index (Phi) is 5.58. The van der Waals surface area contributed by atoms with E-state index in [9.17, 15) is 4.79 Å². The largest absolute Gasteiger partial charge is 0.497 e. The number of thioether (sulfide) groups is 1. The topological polar surface area (TPSA) is 79.4 Å².